The lowest BCUT2D eigenvalue weighted by molar-refractivity contribution is 0.555. The number of oxazole rings is 1. The van der Waals surface area contributed by atoms with E-state index in [2.05, 4.69) is 45.6 Å². The maximum Gasteiger partial charge on any atom is 0.226 e. The van der Waals surface area contributed by atoms with Crippen LogP contribution in [-0.2, 0) is 13.1 Å². The van der Waals surface area contributed by atoms with Gasteiger partial charge in [-0.05, 0) is 45.4 Å². The number of halogens is 1. The number of aromatic nitrogens is 3. The minimum Gasteiger partial charge on any atom is -0.444 e. The molecule has 0 unspecified atom stereocenters. The predicted molar refractivity (Wildman–Crippen MR) is 126 cm³/mol. The highest BCUT2D eigenvalue weighted by Gasteiger charge is 2.06. The van der Waals surface area contributed by atoms with Gasteiger partial charge in [0, 0.05) is 30.9 Å². The maximum atomic E-state index is 5.57. The number of aliphatic imine (C=N–C) groups is 1. The monoisotopic (exact) mass is 508 g/mol. The van der Waals surface area contributed by atoms with Gasteiger partial charge in [-0.25, -0.2) is 9.98 Å². The summed E-state index contributed by atoms with van der Waals surface area (Å²) >= 11 is 0. The van der Waals surface area contributed by atoms with Crippen LogP contribution in [0.15, 0.2) is 52.1 Å². The summed E-state index contributed by atoms with van der Waals surface area (Å²) in [4.78, 5) is 9.13. The normalized spacial score (nSPS) is 11.2. The zero-order chi connectivity index (χ0) is 19.8. The highest BCUT2D eigenvalue weighted by molar-refractivity contribution is 14.0. The smallest absolute Gasteiger partial charge is 0.226 e. The van der Waals surface area contributed by atoms with Gasteiger partial charge in [-0.15, -0.1) is 24.0 Å². The lowest BCUT2D eigenvalue weighted by atomic mass is 10.2. The fourth-order valence-corrected chi connectivity index (χ4v) is 2.93. The van der Waals surface area contributed by atoms with Crippen LogP contribution in [0.2, 0.25) is 0 Å². The Kier molecular flexibility index (Phi) is 9.17. The van der Waals surface area contributed by atoms with Crippen molar-refractivity contribution in [1.82, 2.24) is 25.4 Å². The Labute approximate surface area is 189 Å². The summed E-state index contributed by atoms with van der Waals surface area (Å²) in [5, 5.41) is 11.1. The molecule has 2 N–H and O–H groups in total. The van der Waals surface area contributed by atoms with Crippen molar-refractivity contribution in [2.75, 3.05) is 13.1 Å². The number of guanidine groups is 1. The minimum absolute atomic E-state index is 0. The fourth-order valence-electron chi connectivity index (χ4n) is 2.93. The van der Waals surface area contributed by atoms with Crippen LogP contribution in [-0.4, -0.2) is 33.8 Å². The predicted octanol–water partition coefficient (Wildman–Crippen LogP) is 3.92. The number of hydrogen-bond acceptors (Lipinski definition) is 4. The van der Waals surface area contributed by atoms with Gasteiger partial charge in [0.1, 0.15) is 12.0 Å². The molecule has 1 aromatic carbocycles. The first-order valence-electron chi connectivity index (χ1n) is 9.68. The molecule has 3 rings (SSSR count). The Morgan fingerprint density at radius 3 is 2.66 bits per heavy atom. The van der Waals surface area contributed by atoms with E-state index in [1.807, 2.05) is 41.9 Å². The summed E-state index contributed by atoms with van der Waals surface area (Å²) in [6.07, 6.45) is 2.63. The lowest BCUT2D eigenvalue weighted by Crippen LogP contribution is -2.38. The van der Waals surface area contributed by atoms with Crippen molar-refractivity contribution < 1.29 is 4.42 Å². The van der Waals surface area contributed by atoms with E-state index in [9.17, 15) is 0 Å². The van der Waals surface area contributed by atoms with Gasteiger partial charge in [0.15, 0.2) is 5.96 Å². The van der Waals surface area contributed by atoms with Crippen molar-refractivity contribution in [3.8, 4) is 11.5 Å². The number of rotatable bonds is 8. The average Bonchev–Trinajstić information content (AvgIpc) is 3.30. The molecule has 2 aromatic heterocycles. The van der Waals surface area contributed by atoms with Crippen LogP contribution in [0.25, 0.3) is 11.5 Å². The molecule has 0 amide bonds. The zero-order valence-corrected chi connectivity index (χ0v) is 19.5. The topological polar surface area (TPSA) is 80.3 Å². The lowest BCUT2D eigenvalue weighted by Gasteiger charge is -2.11. The largest absolute Gasteiger partial charge is 0.444 e. The molecular weight excluding hydrogens is 479 g/mol. The first-order chi connectivity index (χ1) is 13.7. The summed E-state index contributed by atoms with van der Waals surface area (Å²) in [6, 6.07) is 12.0. The standard InChI is InChI=1S/C21H28N6O.HI/c1-4-22-21(23-11-8-12-27-17(3)13-16(2)26-27)24-14-19-15-28-20(25-19)18-9-6-5-7-10-18;/h5-7,9-10,13,15H,4,8,11-12,14H2,1-3H3,(H2,22,23,24);1H. The van der Waals surface area contributed by atoms with Crippen LogP contribution in [0.5, 0.6) is 0 Å². The van der Waals surface area contributed by atoms with Gasteiger partial charge >= 0.3 is 0 Å². The molecule has 7 nitrogen and oxygen atoms in total. The Balaban J connectivity index is 0.00000300. The summed E-state index contributed by atoms with van der Waals surface area (Å²) in [6.45, 7) is 9.12. The van der Waals surface area contributed by atoms with Crippen molar-refractivity contribution in [3.05, 3.63) is 59.7 Å². The minimum atomic E-state index is 0. The molecule has 8 heteroatoms. The first kappa shape index (κ1) is 22.9. The SMILES string of the molecule is CCNC(=NCc1coc(-c2ccccc2)n1)NCCCn1nc(C)cc1C.I. The van der Waals surface area contributed by atoms with Gasteiger partial charge in [0.25, 0.3) is 0 Å². The first-order valence-corrected chi connectivity index (χ1v) is 9.68. The molecule has 3 aromatic rings. The number of nitrogens with zero attached hydrogens (tertiary/aromatic N) is 4. The molecule has 0 radical (unpaired) electrons. The van der Waals surface area contributed by atoms with Gasteiger partial charge in [0.05, 0.1) is 12.2 Å². The summed E-state index contributed by atoms with van der Waals surface area (Å²) in [5.74, 6) is 1.40. The van der Waals surface area contributed by atoms with Crippen LogP contribution >= 0.6 is 24.0 Å². The number of benzene rings is 1. The van der Waals surface area contributed by atoms with Crippen LogP contribution in [0, 0.1) is 13.8 Å². The third-order valence-corrected chi connectivity index (χ3v) is 4.26. The second kappa shape index (κ2) is 11.6. The van der Waals surface area contributed by atoms with E-state index < -0.39 is 0 Å². The molecule has 0 fully saturated rings. The molecular formula is C21H29IN6O. The van der Waals surface area contributed by atoms with Crippen LogP contribution in [0.4, 0.5) is 0 Å². The van der Waals surface area contributed by atoms with Crippen molar-refractivity contribution in [2.45, 2.75) is 40.3 Å². The van der Waals surface area contributed by atoms with E-state index in [-0.39, 0.29) is 24.0 Å². The second-order valence-electron chi connectivity index (χ2n) is 6.64. The molecule has 2 heterocycles. The zero-order valence-electron chi connectivity index (χ0n) is 17.2. The van der Waals surface area contributed by atoms with Crippen LogP contribution < -0.4 is 10.6 Å². The summed E-state index contributed by atoms with van der Waals surface area (Å²) < 4.78 is 7.62. The van der Waals surface area contributed by atoms with Crippen molar-refractivity contribution in [2.24, 2.45) is 4.99 Å². The second-order valence-corrected chi connectivity index (χ2v) is 6.64. The Hall–Kier alpha value is -2.36. The van der Waals surface area contributed by atoms with Gasteiger partial charge in [-0.3, -0.25) is 4.68 Å². The Morgan fingerprint density at radius 2 is 1.97 bits per heavy atom. The molecule has 29 heavy (non-hydrogen) atoms. The number of nitrogens with one attached hydrogen (secondary N) is 2. The summed E-state index contributed by atoms with van der Waals surface area (Å²) in [7, 11) is 0. The van der Waals surface area contributed by atoms with E-state index in [1.54, 1.807) is 6.26 Å². The summed E-state index contributed by atoms with van der Waals surface area (Å²) in [5.41, 5.74) is 4.02. The van der Waals surface area contributed by atoms with Crippen molar-refractivity contribution in [1.29, 1.82) is 0 Å². The van der Waals surface area contributed by atoms with Gasteiger partial charge < -0.3 is 15.1 Å². The van der Waals surface area contributed by atoms with Crippen LogP contribution in [0.3, 0.4) is 0 Å². The van der Waals surface area contributed by atoms with Gasteiger partial charge in [-0.2, -0.15) is 5.10 Å². The third kappa shape index (κ3) is 6.88. The fraction of sp³-hybridized carbons (Fsp3) is 0.381. The molecule has 156 valence electrons. The molecule has 0 spiro atoms. The average molecular weight is 508 g/mol. The van der Waals surface area contributed by atoms with E-state index in [4.69, 9.17) is 4.42 Å². The van der Waals surface area contributed by atoms with Crippen molar-refractivity contribution in [3.63, 3.8) is 0 Å². The number of hydrogen-bond donors (Lipinski definition) is 2. The maximum absolute atomic E-state index is 5.57. The van der Waals surface area contributed by atoms with Crippen molar-refractivity contribution >= 4 is 29.9 Å². The quantitative estimate of drug-likeness (QED) is 0.209. The number of aryl methyl sites for hydroxylation is 3. The Morgan fingerprint density at radius 1 is 1.17 bits per heavy atom. The highest BCUT2D eigenvalue weighted by atomic mass is 127. The molecule has 0 aliphatic carbocycles. The molecule has 0 aliphatic rings. The molecule has 0 saturated heterocycles. The molecule has 0 aliphatic heterocycles. The molecule has 0 saturated carbocycles. The third-order valence-electron chi connectivity index (χ3n) is 4.26. The van der Waals surface area contributed by atoms with Gasteiger partial charge in [0.2, 0.25) is 5.89 Å². The molecule has 0 bridgehead atoms. The van der Waals surface area contributed by atoms with E-state index in [0.29, 0.717) is 12.4 Å². The van der Waals surface area contributed by atoms with Gasteiger partial charge in [-0.1, -0.05) is 18.2 Å². The van der Waals surface area contributed by atoms with E-state index in [0.717, 1.165) is 49.0 Å². The van der Waals surface area contributed by atoms with E-state index in [1.165, 1.54) is 5.69 Å². The van der Waals surface area contributed by atoms with Crippen LogP contribution in [0.1, 0.15) is 30.4 Å². The highest BCUT2D eigenvalue weighted by Crippen LogP contribution is 2.18. The van der Waals surface area contributed by atoms with E-state index >= 15 is 0 Å². The molecule has 0 atom stereocenters. The Bertz CT molecular complexity index is 903.